The van der Waals surface area contributed by atoms with Gasteiger partial charge in [0, 0.05) is 0 Å². The first-order valence-corrected chi connectivity index (χ1v) is 7.99. The summed E-state index contributed by atoms with van der Waals surface area (Å²) >= 11 is 0. The van der Waals surface area contributed by atoms with E-state index >= 15 is 0 Å². The van der Waals surface area contributed by atoms with Crippen LogP contribution in [0.15, 0.2) is 18.2 Å². The highest BCUT2D eigenvalue weighted by Gasteiger charge is 2.50. The molecule has 1 nitrogen and oxygen atoms in total. The van der Waals surface area contributed by atoms with Crippen molar-refractivity contribution in [2.75, 3.05) is 0 Å². The van der Waals surface area contributed by atoms with E-state index in [0.29, 0.717) is 11.2 Å². The molecule has 4 rings (SSSR count). The van der Waals surface area contributed by atoms with E-state index in [1.54, 1.807) is 5.56 Å². The molecule has 3 aliphatic rings. The summed E-state index contributed by atoms with van der Waals surface area (Å²) in [5, 5.41) is 9.68. The maximum Gasteiger partial charge on any atom is 0.115 e. The lowest BCUT2D eigenvalue weighted by Gasteiger charge is -2.49. The van der Waals surface area contributed by atoms with Gasteiger partial charge in [0.15, 0.2) is 0 Å². The highest BCUT2D eigenvalue weighted by atomic mass is 16.3. The number of phenolic OH excluding ortho intramolecular Hbond substituents is 1. The van der Waals surface area contributed by atoms with Crippen molar-refractivity contribution >= 4 is 0 Å². The molecule has 0 bridgehead atoms. The number of fused-ring (bicyclic) bond motifs is 5. The first-order chi connectivity index (χ1) is 9.17. The summed E-state index contributed by atoms with van der Waals surface area (Å²) < 4.78 is 0. The Kier molecular flexibility index (Phi) is 2.49. The zero-order valence-electron chi connectivity index (χ0n) is 11.9. The van der Waals surface area contributed by atoms with E-state index in [2.05, 4.69) is 13.0 Å². The minimum atomic E-state index is 0.443. The second-order valence-corrected chi connectivity index (χ2v) is 7.38. The summed E-state index contributed by atoms with van der Waals surface area (Å²) in [4.78, 5) is 0. The van der Waals surface area contributed by atoms with E-state index in [0.717, 1.165) is 17.8 Å². The first kappa shape index (κ1) is 11.8. The number of hydrogen-bond acceptors (Lipinski definition) is 1. The van der Waals surface area contributed by atoms with E-state index in [9.17, 15) is 5.11 Å². The molecule has 1 N–H and O–H groups in total. The molecule has 0 aliphatic heterocycles. The Balaban J connectivity index is 1.72. The van der Waals surface area contributed by atoms with E-state index in [-0.39, 0.29) is 0 Å². The number of rotatable bonds is 0. The highest BCUT2D eigenvalue weighted by molar-refractivity contribution is 5.40. The van der Waals surface area contributed by atoms with Gasteiger partial charge in [-0.15, -0.1) is 0 Å². The van der Waals surface area contributed by atoms with Crippen LogP contribution in [0.2, 0.25) is 0 Å². The van der Waals surface area contributed by atoms with Gasteiger partial charge in [-0.1, -0.05) is 19.4 Å². The average Bonchev–Trinajstić information content (AvgIpc) is 2.79. The SMILES string of the molecule is C[C@@]12CCC[C@H]1[C@@H]1CCc3cc(O)ccc3[C@H]1CC2. The molecule has 1 aromatic carbocycles. The Morgan fingerprint density at radius 1 is 1.16 bits per heavy atom. The van der Waals surface area contributed by atoms with Gasteiger partial charge in [0.2, 0.25) is 0 Å². The summed E-state index contributed by atoms with van der Waals surface area (Å²) in [6.07, 6.45) is 9.69. The van der Waals surface area contributed by atoms with Crippen molar-refractivity contribution in [1.29, 1.82) is 0 Å². The molecule has 1 aromatic rings. The van der Waals surface area contributed by atoms with E-state index in [4.69, 9.17) is 0 Å². The molecule has 1 heteroatoms. The van der Waals surface area contributed by atoms with Gasteiger partial charge in [0.05, 0.1) is 0 Å². The zero-order chi connectivity index (χ0) is 13.0. The largest absolute Gasteiger partial charge is 0.508 e. The lowest BCUT2D eigenvalue weighted by Crippen LogP contribution is -2.39. The fraction of sp³-hybridized carbons (Fsp3) is 0.667. The van der Waals surface area contributed by atoms with Gasteiger partial charge in [-0.3, -0.25) is 0 Å². The molecular weight excluding hydrogens is 232 g/mol. The van der Waals surface area contributed by atoms with Gasteiger partial charge in [0.25, 0.3) is 0 Å². The zero-order valence-corrected chi connectivity index (χ0v) is 11.9. The predicted octanol–water partition coefficient (Wildman–Crippen LogP) is 4.64. The molecule has 102 valence electrons. The van der Waals surface area contributed by atoms with Gasteiger partial charge in [-0.2, -0.15) is 0 Å². The van der Waals surface area contributed by atoms with E-state index in [1.165, 1.54) is 50.5 Å². The molecule has 19 heavy (non-hydrogen) atoms. The molecular formula is C18H24O. The molecule has 0 radical (unpaired) electrons. The maximum absolute atomic E-state index is 9.68. The van der Waals surface area contributed by atoms with Gasteiger partial charge in [0.1, 0.15) is 5.75 Å². The van der Waals surface area contributed by atoms with Crippen LogP contribution in [0.3, 0.4) is 0 Å². The third-order valence-corrected chi connectivity index (χ3v) is 6.49. The number of phenols is 1. The van der Waals surface area contributed by atoms with Crippen molar-refractivity contribution in [3.63, 3.8) is 0 Å². The van der Waals surface area contributed by atoms with Gasteiger partial charge < -0.3 is 5.11 Å². The Morgan fingerprint density at radius 3 is 2.95 bits per heavy atom. The van der Waals surface area contributed by atoms with Gasteiger partial charge >= 0.3 is 0 Å². The van der Waals surface area contributed by atoms with Crippen molar-refractivity contribution in [2.24, 2.45) is 17.3 Å². The standard InChI is InChI=1S/C18H24O/c1-18-9-2-3-17(18)16-6-4-12-11-13(19)5-7-14(12)15(16)8-10-18/h5,7,11,15-17,19H,2-4,6,8-10H2,1H3/t15-,16-,17+,18+/m1/s1. The van der Waals surface area contributed by atoms with Crippen LogP contribution in [0, 0.1) is 17.3 Å². The van der Waals surface area contributed by atoms with Crippen molar-refractivity contribution in [2.45, 2.75) is 57.8 Å². The van der Waals surface area contributed by atoms with Crippen LogP contribution < -0.4 is 0 Å². The highest BCUT2D eigenvalue weighted by Crippen LogP contribution is 2.60. The molecule has 0 amide bonds. The van der Waals surface area contributed by atoms with E-state index in [1.807, 2.05) is 12.1 Å². The molecule has 0 unspecified atom stereocenters. The molecule has 0 spiro atoms. The van der Waals surface area contributed by atoms with Crippen LogP contribution >= 0.6 is 0 Å². The Labute approximate surface area is 116 Å². The average molecular weight is 256 g/mol. The summed E-state index contributed by atoms with van der Waals surface area (Å²) in [6, 6.07) is 6.11. The fourth-order valence-electron chi connectivity index (χ4n) is 5.56. The van der Waals surface area contributed by atoms with Crippen LogP contribution in [-0.2, 0) is 6.42 Å². The maximum atomic E-state index is 9.68. The molecule has 2 fully saturated rings. The number of aryl methyl sites for hydroxylation is 1. The van der Waals surface area contributed by atoms with Gasteiger partial charge in [-0.25, -0.2) is 0 Å². The quantitative estimate of drug-likeness (QED) is 0.717. The van der Waals surface area contributed by atoms with Crippen molar-refractivity contribution in [1.82, 2.24) is 0 Å². The van der Waals surface area contributed by atoms with Gasteiger partial charge in [-0.05, 0) is 85.0 Å². The Hall–Kier alpha value is -0.980. The van der Waals surface area contributed by atoms with Crippen LogP contribution in [0.5, 0.6) is 5.75 Å². The fourth-order valence-corrected chi connectivity index (χ4v) is 5.56. The second kappa shape index (κ2) is 4.01. The van der Waals surface area contributed by atoms with Crippen LogP contribution in [0.1, 0.15) is 62.5 Å². The normalized spacial score (nSPS) is 40.4. The first-order valence-electron chi connectivity index (χ1n) is 7.99. The van der Waals surface area contributed by atoms with Crippen LogP contribution in [0.25, 0.3) is 0 Å². The summed E-state index contributed by atoms with van der Waals surface area (Å²) in [5.41, 5.74) is 3.63. The summed E-state index contributed by atoms with van der Waals surface area (Å²) in [6.45, 7) is 2.55. The third-order valence-electron chi connectivity index (χ3n) is 6.49. The van der Waals surface area contributed by atoms with Crippen molar-refractivity contribution in [3.05, 3.63) is 29.3 Å². The smallest absolute Gasteiger partial charge is 0.115 e. The van der Waals surface area contributed by atoms with Crippen molar-refractivity contribution < 1.29 is 5.11 Å². The third kappa shape index (κ3) is 1.67. The second-order valence-electron chi connectivity index (χ2n) is 7.38. The predicted molar refractivity (Wildman–Crippen MR) is 77.3 cm³/mol. The summed E-state index contributed by atoms with van der Waals surface area (Å²) in [7, 11) is 0. The number of benzene rings is 1. The van der Waals surface area contributed by atoms with Crippen LogP contribution in [-0.4, -0.2) is 5.11 Å². The van der Waals surface area contributed by atoms with Crippen molar-refractivity contribution in [3.8, 4) is 5.75 Å². The minimum absolute atomic E-state index is 0.443. The minimum Gasteiger partial charge on any atom is -0.508 e. The molecule has 3 aliphatic carbocycles. The lowest BCUT2D eigenvalue weighted by atomic mass is 9.56. The molecule has 0 aromatic heterocycles. The van der Waals surface area contributed by atoms with E-state index < -0.39 is 0 Å². The summed E-state index contributed by atoms with van der Waals surface area (Å²) in [5.74, 6) is 3.10. The molecule has 0 heterocycles. The Morgan fingerprint density at radius 2 is 2.05 bits per heavy atom. The Bertz CT molecular complexity index is 506. The molecule has 4 atom stereocenters. The molecule has 2 saturated carbocycles. The lowest BCUT2D eigenvalue weighted by molar-refractivity contribution is 0.0598. The molecule has 0 saturated heterocycles. The van der Waals surface area contributed by atoms with Crippen LogP contribution in [0.4, 0.5) is 0 Å². The number of hydrogen-bond donors (Lipinski definition) is 1. The topological polar surface area (TPSA) is 20.2 Å². The number of aromatic hydroxyl groups is 1. The monoisotopic (exact) mass is 256 g/mol.